The fraction of sp³-hybridized carbons (Fsp3) is 0.900. The van der Waals surface area contributed by atoms with E-state index >= 15 is 0 Å². The Morgan fingerprint density at radius 2 is 2.00 bits per heavy atom. The Kier molecular flexibility index (Phi) is 6.20. The minimum Gasteiger partial charge on any atom is -0.354 e. The summed E-state index contributed by atoms with van der Waals surface area (Å²) in [7, 11) is 0. The number of rotatable bonds is 6. The average Bonchev–Trinajstić information content (AvgIpc) is 2.11. The predicted octanol–water partition coefficient (Wildman–Crippen LogP) is 1.24. The Morgan fingerprint density at radius 1 is 1.43 bits per heavy atom. The Balaban J connectivity index is 3.64. The molecule has 0 radical (unpaired) electrons. The molecule has 0 aromatic carbocycles. The van der Waals surface area contributed by atoms with Crippen molar-refractivity contribution in [1.29, 1.82) is 0 Å². The number of nitrogens with one attached hydrogen (secondary N) is 2. The second-order valence-electron chi connectivity index (χ2n) is 4.28. The van der Waals surface area contributed by atoms with E-state index in [1.54, 1.807) is 11.8 Å². The van der Waals surface area contributed by atoms with Crippen LogP contribution in [0.5, 0.6) is 0 Å². The summed E-state index contributed by atoms with van der Waals surface area (Å²) in [6.45, 7) is 9.41. The van der Waals surface area contributed by atoms with Crippen LogP contribution < -0.4 is 10.6 Å². The van der Waals surface area contributed by atoms with Crippen LogP contribution in [0.1, 0.15) is 27.7 Å². The van der Waals surface area contributed by atoms with Gasteiger partial charge < -0.3 is 10.6 Å². The lowest BCUT2D eigenvalue weighted by Crippen LogP contribution is -2.42. The number of carbonyl (C=O) groups excluding carboxylic acids is 1. The Morgan fingerprint density at radius 3 is 2.43 bits per heavy atom. The van der Waals surface area contributed by atoms with E-state index in [1.807, 2.05) is 13.8 Å². The summed E-state index contributed by atoms with van der Waals surface area (Å²) >= 11 is 1.76. The zero-order chi connectivity index (χ0) is 11.2. The highest BCUT2D eigenvalue weighted by Crippen LogP contribution is 2.19. The standard InChI is InChI=1S/C10H22N2OS/c1-8(2)11-6-9(13)12-7-10(3,4)14-5/h8,11H,6-7H2,1-5H3,(H,12,13). The first kappa shape index (κ1) is 13.8. The fourth-order valence-corrected chi connectivity index (χ4v) is 0.959. The van der Waals surface area contributed by atoms with Gasteiger partial charge in [-0.1, -0.05) is 13.8 Å². The summed E-state index contributed by atoms with van der Waals surface area (Å²) in [6, 6.07) is 0.356. The molecule has 0 unspecified atom stereocenters. The van der Waals surface area contributed by atoms with Crippen molar-refractivity contribution in [1.82, 2.24) is 10.6 Å². The topological polar surface area (TPSA) is 41.1 Å². The van der Waals surface area contributed by atoms with Crippen molar-refractivity contribution in [3.8, 4) is 0 Å². The maximum Gasteiger partial charge on any atom is 0.234 e. The molecule has 0 aromatic heterocycles. The number of hydrogen-bond acceptors (Lipinski definition) is 3. The second-order valence-corrected chi connectivity index (χ2v) is 5.79. The first-order valence-electron chi connectivity index (χ1n) is 4.92. The van der Waals surface area contributed by atoms with Crippen molar-refractivity contribution in [3.63, 3.8) is 0 Å². The molecule has 14 heavy (non-hydrogen) atoms. The molecular weight excluding hydrogens is 196 g/mol. The molecule has 0 rings (SSSR count). The van der Waals surface area contributed by atoms with Crippen LogP contribution in [0.2, 0.25) is 0 Å². The summed E-state index contributed by atoms with van der Waals surface area (Å²) in [5.74, 6) is 0.0702. The van der Waals surface area contributed by atoms with Crippen LogP contribution in [0.25, 0.3) is 0 Å². The van der Waals surface area contributed by atoms with Gasteiger partial charge in [-0.15, -0.1) is 0 Å². The smallest absolute Gasteiger partial charge is 0.234 e. The summed E-state index contributed by atoms with van der Waals surface area (Å²) in [5, 5.41) is 5.99. The predicted molar refractivity (Wildman–Crippen MR) is 63.7 cm³/mol. The van der Waals surface area contributed by atoms with Crippen LogP contribution in [-0.2, 0) is 4.79 Å². The molecule has 0 spiro atoms. The average molecular weight is 218 g/mol. The zero-order valence-electron chi connectivity index (χ0n) is 9.81. The van der Waals surface area contributed by atoms with Gasteiger partial charge in [0.15, 0.2) is 0 Å². The molecule has 84 valence electrons. The van der Waals surface area contributed by atoms with Gasteiger partial charge in [0.1, 0.15) is 0 Å². The van der Waals surface area contributed by atoms with Gasteiger partial charge in [-0.3, -0.25) is 4.79 Å². The van der Waals surface area contributed by atoms with Gasteiger partial charge in [0.05, 0.1) is 6.54 Å². The first-order valence-corrected chi connectivity index (χ1v) is 6.15. The molecule has 0 atom stereocenters. The molecule has 0 heterocycles. The lowest BCUT2D eigenvalue weighted by atomic mass is 10.2. The third-order valence-corrected chi connectivity index (χ3v) is 3.18. The summed E-state index contributed by atoms with van der Waals surface area (Å²) in [6.07, 6.45) is 2.05. The molecule has 3 nitrogen and oxygen atoms in total. The van der Waals surface area contributed by atoms with Gasteiger partial charge >= 0.3 is 0 Å². The van der Waals surface area contributed by atoms with E-state index in [-0.39, 0.29) is 10.7 Å². The molecule has 2 N–H and O–H groups in total. The Labute approximate surface area is 91.4 Å². The maximum atomic E-state index is 11.3. The molecule has 0 aliphatic rings. The molecule has 0 saturated heterocycles. The van der Waals surface area contributed by atoms with Gasteiger partial charge in [0.25, 0.3) is 0 Å². The van der Waals surface area contributed by atoms with E-state index in [0.29, 0.717) is 19.1 Å². The van der Waals surface area contributed by atoms with Gasteiger partial charge in [-0.25, -0.2) is 0 Å². The summed E-state index contributed by atoms with van der Waals surface area (Å²) < 4.78 is 0.119. The number of amides is 1. The normalized spacial score (nSPS) is 11.9. The Hall–Kier alpha value is -0.220. The van der Waals surface area contributed by atoms with Crippen LogP contribution in [0, 0.1) is 0 Å². The van der Waals surface area contributed by atoms with Crippen molar-refractivity contribution >= 4 is 17.7 Å². The molecule has 0 aliphatic heterocycles. The van der Waals surface area contributed by atoms with Crippen LogP contribution in [0.3, 0.4) is 0 Å². The minimum atomic E-state index is 0.0702. The maximum absolute atomic E-state index is 11.3. The van der Waals surface area contributed by atoms with Crippen LogP contribution in [0.4, 0.5) is 0 Å². The van der Waals surface area contributed by atoms with Crippen molar-refractivity contribution in [2.75, 3.05) is 19.3 Å². The summed E-state index contributed by atoms with van der Waals surface area (Å²) in [4.78, 5) is 11.3. The van der Waals surface area contributed by atoms with Crippen molar-refractivity contribution < 1.29 is 4.79 Å². The third kappa shape index (κ3) is 7.21. The van der Waals surface area contributed by atoms with Crippen molar-refractivity contribution in [2.45, 2.75) is 38.5 Å². The van der Waals surface area contributed by atoms with Crippen LogP contribution in [0.15, 0.2) is 0 Å². The Bertz CT molecular complexity index is 181. The number of carbonyl (C=O) groups is 1. The highest BCUT2D eigenvalue weighted by atomic mass is 32.2. The number of thioether (sulfide) groups is 1. The number of hydrogen-bond donors (Lipinski definition) is 2. The molecular formula is C10H22N2OS. The van der Waals surface area contributed by atoms with Crippen molar-refractivity contribution in [2.24, 2.45) is 0 Å². The van der Waals surface area contributed by atoms with E-state index < -0.39 is 0 Å². The van der Waals surface area contributed by atoms with Gasteiger partial charge in [-0.05, 0) is 20.1 Å². The third-order valence-electron chi connectivity index (χ3n) is 1.93. The lowest BCUT2D eigenvalue weighted by Gasteiger charge is -2.22. The van der Waals surface area contributed by atoms with Gasteiger partial charge in [-0.2, -0.15) is 11.8 Å². The molecule has 0 saturated carbocycles. The summed E-state index contributed by atoms with van der Waals surface area (Å²) in [5.41, 5.74) is 0. The minimum absolute atomic E-state index is 0.0702. The van der Waals surface area contributed by atoms with Gasteiger partial charge in [0.2, 0.25) is 5.91 Å². The van der Waals surface area contributed by atoms with Crippen LogP contribution >= 0.6 is 11.8 Å². The van der Waals surface area contributed by atoms with E-state index in [1.165, 1.54) is 0 Å². The van der Waals surface area contributed by atoms with Crippen LogP contribution in [-0.4, -0.2) is 36.0 Å². The van der Waals surface area contributed by atoms with Gasteiger partial charge in [0, 0.05) is 17.3 Å². The van der Waals surface area contributed by atoms with Crippen molar-refractivity contribution in [3.05, 3.63) is 0 Å². The largest absolute Gasteiger partial charge is 0.354 e. The highest BCUT2D eigenvalue weighted by molar-refractivity contribution is 7.99. The molecule has 0 bridgehead atoms. The molecule has 0 aromatic rings. The fourth-order valence-electron chi connectivity index (χ4n) is 0.743. The van der Waals surface area contributed by atoms with E-state index in [2.05, 4.69) is 30.7 Å². The second kappa shape index (κ2) is 6.30. The van der Waals surface area contributed by atoms with E-state index in [4.69, 9.17) is 0 Å². The monoisotopic (exact) mass is 218 g/mol. The van der Waals surface area contributed by atoms with E-state index in [9.17, 15) is 4.79 Å². The highest BCUT2D eigenvalue weighted by Gasteiger charge is 2.16. The molecule has 0 aliphatic carbocycles. The lowest BCUT2D eigenvalue weighted by molar-refractivity contribution is -0.120. The zero-order valence-corrected chi connectivity index (χ0v) is 10.6. The first-order chi connectivity index (χ1) is 6.37. The SMILES string of the molecule is CSC(C)(C)CNC(=O)CNC(C)C. The van der Waals surface area contributed by atoms with E-state index in [0.717, 1.165) is 0 Å². The molecule has 1 amide bonds. The molecule has 0 fully saturated rings. The quantitative estimate of drug-likeness (QED) is 0.705. The molecule has 4 heteroatoms.